The Balaban J connectivity index is 2.42. The second-order valence-corrected chi connectivity index (χ2v) is 8.39. The summed E-state index contributed by atoms with van der Waals surface area (Å²) in [7, 11) is -3.53. The number of nitrogens with zero attached hydrogens (tertiary/aromatic N) is 1. The van der Waals surface area contributed by atoms with Gasteiger partial charge in [-0.15, -0.1) is 0 Å². The third-order valence-electron chi connectivity index (χ3n) is 3.71. The number of hydrogen-bond acceptors (Lipinski definition) is 3. The van der Waals surface area contributed by atoms with Crippen molar-refractivity contribution in [1.82, 2.24) is 4.31 Å². The fraction of sp³-hybridized carbons (Fsp3) is 0.600. The molecule has 0 saturated heterocycles. The minimum atomic E-state index is -3.53. The van der Waals surface area contributed by atoms with Crippen molar-refractivity contribution < 1.29 is 13.5 Å². The summed E-state index contributed by atoms with van der Waals surface area (Å²) in [5.41, 5.74) is 1.44. The Bertz CT molecular complexity index is 612. The molecule has 0 aliphatic heterocycles. The van der Waals surface area contributed by atoms with Crippen molar-refractivity contribution in [2.45, 2.75) is 44.6 Å². The summed E-state index contributed by atoms with van der Waals surface area (Å²) in [6.45, 7) is 4.80. The summed E-state index contributed by atoms with van der Waals surface area (Å²) in [6.07, 6.45) is 3.03. The maximum absolute atomic E-state index is 12.9. The molecule has 1 aromatic carbocycles. The van der Waals surface area contributed by atoms with Crippen LogP contribution in [0.1, 0.15) is 37.3 Å². The molecule has 0 radical (unpaired) electrons. The lowest BCUT2D eigenvalue weighted by Crippen LogP contribution is -2.34. The largest absolute Gasteiger partial charge is 0.392 e. The zero-order chi connectivity index (χ0) is 15.6. The van der Waals surface area contributed by atoms with Gasteiger partial charge in [-0.2, -0.15) is 4.31 Å². The van der Waals surface area contributed by atoms with Crippen molar-refractivity contribution >= 4 is 26.0 Å². The van der Waals surface area contributed by atoms with Crippen LogP contribution in [-0.2, 0) is 16.6 Å². The van der Waals surface area contributed by atoms with Crippen molar-refractivity contribution in [3.05, 3.63) is 27.7 Å². The van der Waals surface area contributed by atoms with Crippen LogP contribution < -0.4 is 0 Å². The van der Waals surface area contributed by atoms with E-state index in [4.69, 9.17) is 0 Å². The molecular weight excluding hydrogens is 354 g/mol. The molecule has 1 aliphatic rings. The van der Waals surface area contributed by atoms with Crippen LogP contribution in [0.5, 0.6) is 0 Å². The predicted molar refractivity (Wildman–Crippen MR) is 86.6 cm³/mol. The van der Waals surface area contributed by atoms with Crippen molar-refractivity contribution in [2.24, 2.45) is 5.92 Å². The van der Waals surface area contributed by atoms with E-state index in [1.807, 2.05) is 13.8 Å². The summed E-state index contributed by atoms with van der Waals surface area (Å²) in [6, 6.07) is 3.37. The normalized spacial score (nSPS) is 15.7. The highest BCUT2D eigenvalue weighted by molar-refractivity contribution is 9.10. The molecule has 0 aromatic heterocycles. The fourth-order valence-electron chi connectivity index (χ4n) is 2.37. The van der Waals surface area contributed by atoms with Crippen molar-refractivity contribution in [1.29, 1.82) is 0 Å². The van der Waals surface area contributed by atoms with Crippen LogP contribution >= 0.6 is 15.9 Å². The highest BCUT2D eigenvalue weighted by Gasteiger charge is 2.32. The maximum Gasteiger partial charge on any atom is 0.244 e. The van der Waals surface area contributed by atoms with Crippen molar-refractivity contribution in [2.75, 3.05) is 13.1 Å². The number of hydrogen-bond donors (Lipinski definition) is 1. The Kier molecular flexibility index (Phi) is 5.46. The molecule has 6 heteroatoms. The number of aliphatic hydroxyl groups excluding tert-OH is 1. The molecule has 0 atom stereocenters. The highest BCUT2D eigenvalue weighted by Crippen LogP contribution is 2.34. The first-order chi connectivity index (χ1) is 9.90. The van der Waals surface area contributed by atoms with Crippen LogP contribution in [0, 0.1) is 12.8 Å². The van der Waals surface area contributed by atoms with Crippen LogP contribution in [0.3, 0.4) is 0 Å². The Labute approximate surface area is 135 Å². The summed E-state index contributed by atoms with van der Waals surface area (Å²) < 4.78 is 28.1. The van der Waals surface area contributed by atoms with E-state index in [1.165, 1.54) is 0 Å². The lowest BCUT2D eigenvalue weighted by molar-refractivity contribution is 0.281. The molecule has 1 saturated carbocycles. The van der Waals surface area contributed by atoms with E-state index >= 15 is 0 Å². The third kappa shape index (κ3) is 3.86. The van der Waals surface area contributed by atoms with Gasteiger partial charge >= 0.3 is 0 Å². The van der Waals surface area contributed by atoms with Gasteiger partial charge in [-0.05, 0) is 65.2 Å². The van der Waals surface area contributed by atoms with Crippen LogP contribution in [0.4, 0.5) is 0 Å². The predicted octanol–water partition coefficient (Wildman–Crippen LogP) is 3.06. The minimum absolute atomic E-state index is 0.160. The van der Waals surface area contributed by atoms with Gasteiger partial charge in [0.05, 0.1) is 11.5 Å². The molecule has 1 aliphatic carbocycles. The summed E-state index contributed by atoms with van der Waals surface area (Å²) in [5.74, 6) is 0.507. The van der Waals surface area contributed by atoms with Crippen molar-refractivity contribution in [3.63, 3.8) is 0 Å². The van der Waals surface area contributed by atoms with E-state index < -0.39 is 10.0 Å². The molecular formula is C15H22BrNO3S. The zero-order valence-electron chi connectivity index (χ0n) is 12.5. The van der Waals surface area contributed by atoms with Crippen LogP contribution in [-0.4, -0.2) is 30.9 Å². The van der Waals surface area contributed by atoms with Crippen LogP contribution in [0.15, 0.2) is 21.5 Å². The van der Waals surface area contributed by atoms with Gasteiger partial charge in [0.1, 0.15) is 0 Å². The molecule has 1 N–H and O–H groups in total. The van der Waals surface area contributed by atoms with Gasteiger partial charge in [0.15, 0.2) is 0 Å². The number of benzene rings is 1. The first kappa shape index (κ1) is 16.9. The topological polar surface area (TPSA) is 57.6 Å². The molecule has 0 heterocycles. The van der Waals surface area contributed by atoms with E-state index in [2.05, 4.69) is 15.9 Å². The average molecular weight is 376 g/mol. The van der Waals surface area contributed by atoms with E-state index in [0.29, 0.717) is 29.0 Å². The minimum Gasteiger partial charge on any atom is -0.392 e. The lowest BCUT2D eigenvalue weighted by Gasteiger charge is -2.23. The molecule has 4 nitrogen and oxygen atoms in total. The molecule has 21 heavy (non-hydrogen) atoms. The molecule has 0 amide bonds. The third-order valence-corrected chi connectivity index (χ3v) is 6.92. The van der Waals surface area contributed by atoms with E-state index in [1.54, 1.807) is 16.4 Å². The van der Waals surface area contributed by atoms with Gasteiger partial charge in [-0.25, -0.2) is 8.42 Å². The Morgan fingerprint density at radius 2 is 2.05 bits per heavy atom. The quantitative estimate of drug-likeness (QED) is 0.796. The average Bonchev–Trinajstić information content (AvgIpc) is 3.25. The van der Waals surface area contributed by atoms with Gasteiger partial charge in [0, 0.05) is 17.6 Å². The molecule has 0 unspecified atom stereocenters. The zero-order valence-corrected chi connectivity index (χ0v) is 14.9. The first-order valence-corrected chi connectivity index (χ1v) is 9.53. The van der Waals surface area contributed by atoms with E-state index in [-0.39, 0.29) is 11.5 Å². The maximum atomic E-state index is 12.9. The SMILES string of the molecule is CCCN(CC1CC1)S(=O)(=O)c1cc(CO)cc(C)c1Br. The number of aliphatic hydroxyl groups is 1. The molecule has 0 spiro atoms. The van der Waals surface area contributed by atoms with E-state index in [9.17, 15) is 13.5 Å². The van der Waals surface area contributed by atoms with Gasteiger partial charge in [-0.3, -0.25) is 0 Å². The molecule has 118 valence electrons. The lowest BCUT2D eigenvalue weighted by atomic mass is 10.1. The number of aryl methyl sites for hydroxylation is 1. The molecule has 2 rings (SSSR count). The Morgan fingerprint density at radius 3 is 2.57 bits per heavy atom. The Hall–Kier alpha value is -0.430. The second kappa shape index (κ2) is 6.77. The highest BCUT2D eigenvalue weighted by atomic mass is 79.9. The van der Waals surface area contributed by atoms with Gasteiger partial charge in [-0.1, -0.05) is 13.0 Å². The first-order valence-electron chi connectivity index (χ1n) is 7.30. The molecule has 1 fully saturated rings. The monoisotopic (exact) mass is 375 g/mol. The Morgan fingerprint density at radius 1 is 1.38 bits per heavy atom. The number of rotatable bonds is 7. The second-order valence-electron chi connectivity index (χ2n) is 5.69. The fourth-order valence-corrected chi connectivity index (χ4v) is 5.01. The van der Waals surface area contributed by atoms with Crippen molar-refractivity contribution in [3.8, 4) is 0 Å². The summed E-state index contributed by atoms with van der Waals surface area (Å²) in [4.78, 5) is 0.264. The number of halogens is 1. The molecule has 1 aromatic rings. The number of sulfonamides is 1. The summed E-state index contributed by atoms with van der Waals surface area (Å²) in [5, 5.41) is 9.32. The van der Waals surface area contributed by atoms with Gasteiger partial charge < -0.3 is 5.11 Å². The van der Waals surface area contributed by atoms with Crippen LogP contribution in [0.25, 0.3) is 0 Å². The van der Waals surface area contributed by atoms with Crippen LogP contribution in [0.2, 0.25) is 0 Å². The van der Waals surface area contributed by atoms with E-state index in [0.717, 1.165) is 24.8 Å². The van der Waals surface area contributed by atoms with Gasteiger partial charge in [0.2, 0.25) is 10.0 Å². The summed E-state index contributed by atoms with van der Waals surface area (Å²) >= 11 is 3.39. The molecule has 0 bridgehead atoms. The standard InChI is InChI=1S/C15H22BrNO3S/c1-3-6-17(9-12-4-5-12)21(19,20)14-8-13(10-18)7-11(2)15(14)16/h7-8,12,18H,3-6,9-10H2,1-2H3. The smallest absolute Gasteiger partial charge is 0.244 e. The van der Waals surface area contributed by atoms with Gasteiger partial charge in [0.25, 0.3) is 0 Å².